The lowest BCUT2D eigenvalue weighted by Crippen LogP contribution is -2.30. The molecule has 0 saturated carbocycles. The van der Waals surface area contributed by atoms with Crippen molar-refractivity contribution in [3.63, 3.8) is 0 Å². The Balaban J connectivity index is 4.40. The number of rotatable bonds is 45. The second kappa shape index (κ2) is 50.2. The third kappa shape index (κ3) is 47.6. The fraction of sp³-hybridized carbons (Fsp3) is 0.696. The highest BCUT2D eigenvalue weighted by molar-refractivity contribution is 5.71. The molecule has 0 aliphatic carbocycles. The van der Waals surface area contributed by atoms with Crippen molar-refractivity contribution in [3.05, 3.63) is 85.1 Å². The van der Waals surface area contributed by atoms with E-state index >= 15 is 0 Å². The highest BCUT2D eigenvalue weighted by Gasteiger charge is 2.19. The molecule has 0 aliphatic heterocycles. The fourth-order valence-corrected chi connectivity index (χ4v) is 6.94. The molecule has 0 rings (SSSR count). The van der Waals surface area contributed by atoms with Gasteiger partial charge in [-0.25, -0.2) is 0 Å². The lowest BCUT2D eigenvalue weighted by atomic mass is 10.0. The highest BCUT2D eigenvalue weighted by Crippen LogP contribution is 2.15. The molecule has 0 amide bonds. The number of carbonyl (C=O) groups excluding carboxylic acids is 3. The molecule has 1 atom stereocenters. The third-order valence-electron chi connectivity index (χ3n) is 10.7. The molecule has 1 unspecified atom stereocenters. The van der Waals surface area contributed by atoms with Gasteiger partial charge >= 0.3 is 17.9 Å². The van der Waals surface area contributed by atoms with E-state index in [1.54, 1.807) is 0 Å². The molecule has 62 heavy (non-hydrogen) atoms. The van der Waals surface area contributed by atoms with Crippen LogP contribution < -0.4 is 0 Å². The van der Waals surface area contributed by atoms with E-state index in [9.17, 15) is 14.4 Å². The first-order valence-electron chi connectivity index (χ1n) is 25.6. The Morgan fingerprint density at radius 3 is 1.21 bits per heavy atom. The van der Waals surface area contributed by atoms with E-state index in [2.05, 4.69) is 69.4 Å². The second-order valence-corrected chi connectivity index (χ2v) is 16.8. The van der Waals surface area contributed by atoms with E-state index in [1.807, 2.05) is 36.5 Å². The Bertz CT molecular complexity index is 1220. The molecule has 0 aliphatic rings. The maximum Gasteiger partial charge on any atom is 0.306 e. The van der Waals surface area contributed by atoms with Crippen LogP contribution in [0.5, 0.6) is 0 Å². The first kappa shape index (κ1) is 58.6. The van der Waals surface area contributed by atoms with Crippen molar-refractivity contribution in [2.75, 3.05) is 13.2 Å². The number of esters is 3. The summed E-state index contributed by atoms with van der Waals surface area (Å²) in [7, 11) is 0. The van der Waals surface area contributed by atoms with Gasteiger partial charge in [0.1, 0.15) is 13.2 Å². The molecule has 0 bridgehead atoms. The van der Waals surface area contributed by atoms with Crippen LogP contribution in [0.4, 0.5) is 0 Å². The summed E-state index contributed by atoms with van der Waals surface area (Å²) in [5.74, 6) is -0.985. The van der Waals surface area contributed by atoms with Crippen molar-refractivity contribution in [3.8, 4) is 0 Å². The molecule has 0 spiro atoms. The van der Waals surface area contributed by atoms with Gasteiger partial charge in [0, 0.05) is 19.3 Å². The Kier molecular flexibility index (Phi) is 47.5. The minimum Gasteiger partial charge on any atom is -0.462 e. The topological polar surface area (TPSA) is 78.9 Å². The van der Waals surface area contributed by atoms with Gasteiger partial charge in [-0.1, -0.05) is 228 Å². The summed E-state index contributed by atoms with van der Waals surface area (Å²) in [5.41, 5.74) is 0. The lowest BCUT2D eigenvalue weighted by Gasteiger charge is -2.18. The van der Waals surface area contributed by atoms with Crippen LogP contribution in [0, 0.1) is 0 Å². The number of ether oxygens (including phenoxy) is 3. The van der Waals surface area contributed by atoms with Crippen LogP contribution in [0.1, 0.15) is 233 Å². The van der Waals surface area contributed by atoms with Gasteiger partial charge in [-0.3, -0.25) is 14.4 Å². The largest absolute Gasteiger partial charge is 0.462 e. The fourth-order valence-electron chi connectivity index (χ4n) is 6.94. The molecule has 6 nitrogen and oxygen atoms in total. The predicted molar refractivity (Wildman–Crippen MR) is 265 cm³/mol. The number of unbranched alkanes of at least 4 members (excludes halogenated alkanes) is 23. The van der Waals surface area contributed by atoms with Gasteiger partial charge in [0.2, 0.25) is 0 Å². The number of allylic oxidation sites excluding steroid dienone is 14. The summed E-state index contributed by atoms with van der Waals surface area (Å²) in [6.07, 6.45) is 64.4. The van der Waals surface area contributed by atoms with Gasteiger partial charge < -0.3 is 14.2 Å². The van der Waals surface area contributed by atoms with Gasteiger partial charge in [0.15, 0.2) is 6.10 Å². The minimum atomic E-state index is -0.810. The average molecular weight is 863 g/mol. The molecule has 0 radical (unpaired) electrons. The zero-order valence-corrected chi connectivity index (χ0v) is 40.4. The highest BCUT2D eigenvalue weighted by atomic mass is 16.6. The Hall–Kier alpha value is -3.41. The summed E-state index contributed by atoms with van der Waals surface area (Å²) >= 11 is 0. The zero-order valence-electron chi connectivity index (χ0n) is 40.4. The maximum absolute atomic E-state index is 12.8. The van der Waals surface area contributed by atoms with Crippen molar-refractivity contribution in [1.29, 1.82) is 0 Å². The molecule has 0 aromatic heterocycles. The quantitative estimate of drug-likeness (QED) is 0.0199. The average Bonchev–Trinajstić information content (AvgIpc) is 3.27. The molecular weight excluding hydrogens is 769 g/mol. The number of carbonyl (C=O) groups is 3. The summed E-state index contributed by atoms with van der Waals surface area (Å²) in [6, 6.07) is 0. The zero-order chi connectivity index (χ0) is 45.1. The lowest BCUT2D eigenvalue weighted by molar-refractivity contribution is -0.167. The Morgan fingerprint density at radius 1 is 0.355 bits per heavy atom. The molecule has 0 N–H and O–H groups in total. The van der Waals surface area contributed by atoms with Crippen LogP contribution in [0.15, 0.2) is 85.1 Å². The summed E-state index contributed by atoms with van der Waals surface area (Å²) in [4.78, 5) is 37.9. The van der Waals surface area contributed by atoms with Gasteiger partial charge in [0.25, 0.3) is 0 Å². The first-order valence-corrected chi connectivity index (χ1v) is 25.6. The van der Waals surface area contributed by atoms with Gasteiger partial charge in [-0.15, -0.1) is 0 Å². The van der Waals surface area contributed by atoms with Crippen molar-refractivity contribution >= 4 is 17.9 Å². The van der Waals surface area contributed by atoms with Gasteiger partial charge in [0.05, 0.1) is 0 Å². The van der Waals surface area contributed by atoms with E-state index in [0.717, 1.165) is 83.5 Å². The standard InChI is InChI=1S/C56H94O6/c1-4-7-10-13-16-19-22-25-26-27-28-29-30-32-34-37-40-43-46-49-55(58)61-52-53(51-60-54(57)48-45-42-39-36-33-24-21-18-15-12-9-6-3)62-56(59)50-47-44-41-38-35-31-23-20-17-14-11-8-5-2/h8-9,11-12,14,17-18,20-21,23,31,33,35-36,53H,4-7,10,13,15-16,19,22,24-30,32,34,37-52H2,1-3H3/b11-8-,12-9-,17-14-,21-18-,23-20-,35-31-,36-33-. The van der Waals surface area contributed by atoms with Gasteiger partial charge in [-0.2, -0.15) is 0 Å². The molecule has 354 valence electrons. The molecule has 0 heterocycles. The maximum atomic E-state index is 12.8. The molecule has 6 heteroatoms. The van der Waals surface area contributed by atoms with E-state index in [4.69, 9.17) is 14.2 Å². The van der Waals surface area contributed by atoms with E-state index in [1.165, 1.54) is 103 Å². The summed E-state index contributed by atoms with van der Waals surface area (Å²) in [5, 5.41) is 0. The van der Waals surface area contributed by atoms with Crippen LogP contribution in [-0.4, -0.2) is 37.2 Å². The Morgan fingerprint density at radius 2 is 0.710 bits per heavy atom. The Labute approximate surface area is 382 Å². The van der Waals surface area contributed by atoms with Crippen molar-refractivity contribution in [1.82, 2.24) is 0 Å². The monoisotopic (exact) mass is 863 g/mol. The van der Waals surface area contributed by atoms with E-state index in [0.29, 0.717) is 19.3 Å². The SMILES string of the molecule is CC\C=C/C=C\C=C/C=C\CCCCCC(=O)OC(COC(=O)CCCC/C=C\C/C=C\C/C=C\CC)COC(=O)CCCCCCCCCCCCCCCCCCCCC. The van der Waals surface area contributed by atoms with E-state index in [-0.39, 0.29) is 37.5 Å². The molecule has 0 aromatic rings. The van der Waals surface area contributed by atoms with Crippen LogP contribution in [-0.2, 0) is 28.6 Å². The minimum absolute atomic E-state index is 0.104. The molecule has 0 fully saturated rings. The van der Waals surface area contributed by atoms with E-state index < -0.39 is 6.10 Å². The normalized spacial score (nSPS) is 12.8. The summed E-state index contributed by atoms with van der Waals surface area (Å²) < 4.78 is 16.7. The van der Waals surface area contributed by atoms with Crippen LogP contribution in [0.2, 0.25) is 0 Å². The smallest absolute Gasteiger partial charge is 0.306 e. The van der Waals surface area contributed by atoms with Crippen LogP contribution in [0.3, 0.4) is 0 Å². The molecule has 0 aromatic carbocycles. The second-order valence-electron chi connectivity index (χ2n) is 16.8. The number of hydrogen-bond acceptors (Lipinski definition) is 6. The van der Waals surface area contributed by atoms with Crippen molar-refractivity contribution in [2.45, 2.75) is 239 Å². The first-order chi connectivity index (χ1) is 30.5. The third-order valence-corrected chi connectivity index (χ3v) is 10.7. The van der Waals surface area contributed by atoms with Crippen molar-refractivity contribution in [2.24, 2.45) is 0 Å². The summed E-state index contributed by atoms with van der Waals surface area (Å²) in [6.45, 7) is 6.31. The van der Waals surface area contributed by atoms with Gasteiger partial charge in [-0.05, 0) is 70.6 Å². The number of hydrogen-bond donors (Lipinski definition) is 0. The molecule has 0 saturated heterocycles. The predicted octanol–water partition coefficient (Wildman–Crippen LogP) is 16.8. The van der Waals surface area contributed by atoms with Crippen LogP contribution in [0.25, 0.3) is 0 Å². The van der Waals surface area contributed by atoms with Crippen molar-refractivity contribution < 1.29 is 28.6 Å². The molecular formula is C56H94O6. The van der Waals surface area contributed by atoms with Crippen LogP contribution >= 0.6 is 0 Å².